The maximum Gasteiger partial charge on any atom is 0.435 e. The lowest BCUT2D eigenvalue weighted by atomic mass is 10.1. The van der Waals surface area contributed by atoms with Crippen molar-refractivity contribution in [3.63, 3.8) is 0 Å². The van der Waals surface area contributed by atoms with Crippen molar-refractivity contribution in [2.24, 2.45) is 0 Å². The molecule has 1 aliphatic rings. The molecule has 1 N–H and O–H groups in total. The number of nitrogens with zero attached hydrogens (tertiary/aromatic N) is 3. The Labute approximate surface area is 160 Å². The minimum absolute atomic E-state index is 0.163. The van der Waals surface area contributed by atoms with Gasteiger partial charge in [0.15, 0.2) is 5.69 Å². The lowest BCUT2D eigenvalue weighted by molar-refractivity contribution is -0.141. The number of hydrogen-bond acceptors (Lipinski definition) is 6. The van der Waals surface area contributed by atoms with Crippen molar-refractivity contribution < 1.29 is 26.3 Å². The van der Waals surface area contributed by atoms with Crippen LogP contribution in [0.25, 0.3) is 0 Å². The molecule has 0 amide bonds. The first-order valence-corrected chi connectivity index (χ1v) is 10.1. The van der Waals surface area contributed by atoms with Crippen LogP contribution in [-0.2, 0) is 33.2 Å². The fourth-order valence-electron chi connectivity index (χ4n) is 2.75. The summed E-state index contributed by atoms with van der Waals surface area (Å²) in [4.78, 5) is 0. The molecular formula is C17H19F3N4O3S. The third-order valence-electron chi connectivity index (χ3n) is 4.23. The first kappa shape index (κ1) is 20.5. The Bertz CT molecular complexity index is 899. The third-order valence-corrected chi connectivity index (χ3v) is 6.06. The van der Waals surface area contributed by atoms with E-state index in [9.17, 15) is 21.6 Å². The molecule has 0 spiro atoms. The SMILES string of the molecule is O=S(=O)(Cc1ccccc1CNc1ccc(C(F)(F)F)nn1)N1CCOCC1. The molecule has 2 heterocycles. The van der Waals surface area contributed by atoms with Crippen LogP contribution in [0.15, 0.2) is 36.4 Å². The van der Waals surface area contributed by atoms with E-state index in [0.29, 0.717) is 37.4 Å². The number of halogens is 3. The van der Waals surface area contributed by atoms with Gasteiger partial charge in [-0.05, 0) is 23.3 Å². The first-order valence-electron chi connectivity index (χ1n) is 8.53. The van der Waals surface area contributed by atoms with Gasteiger partial charge in [0.05, 0.1) is 19.0 Å². The summed E-state index contributed by atoms with van der Waals surface area (Å²) in [5.41, 5.74) is 0.248. The molecule has 0 unspecified atom stereocenters. The predicted octanol–water partition coefficient (Wildman–Crippen LogP) is 2.27. The van der Waals surface area contributed by atoms with Crippen molar-refractivity contribution in [3.05, 3.63) is 53.2 Å². The minimum Gasteiger partial charge on any atom is -0.379 e. The molecular weight excluding hydrogens is 397 g/mol. The molecule has 3 rings (SSSR count). The lowest BCUT2D eigenvalue weighted by Crippen LogP contribution is -2.41. The molecule has 11 heteroatoms. The van der Waals surface area contributed by atoms with Crippen molar-refractivity contribution in [3.8, 4) is 0 Å². The van der Waals surface area contributed by atoms with Crippen LogP contribution >= 0.6 is 0 Å². The minimum atomic E-state index is -4.55. The van der Waals surface area contributed by atoms with E-state index in [1.54, 1.807) is 24.3 Å². The van der Waals surface area contributed by atoms with Crippen molar-refractivity contribution in [1.29, 1.82) is 0 Å². The van der Waals surface area contributed by atoms with Gasteiger partial charge in [-0.25, -0.2) is 8.42 Å². The quantitative estimate of drug-likeness (QED) is 0.778. The summed E-state index contributed by atoms with van der Waals surface area (Å²) in [5, 5.41) is 9.55. The molecule has 0 bridgehead atoms. The summed E-state index contributed by atoms with van der Waals surface area (Å²) in [6.07, 6.45) is -4.55. The van der Waals surface area contributed by atoms with E-state index >= 15 is 0 Å². The van der Waals surface area contributed by atoms with Gasteiger partial charge in [0.1, 0.15) is 5.82 Å². The normalized spacial score (nSPS) is 16.1. The zero-order valence-electron chi connectivity index (χ0n) is 14.8. The molecule has 1 aromatic carbocycles. The molecule has 28 heavy (non-hydrogen) atoms. The molecule has 152 valence electrons. The Kier molecular flexibility index (Phi) is 6.16. The van der Waals surface area contributed by atoms with E-state index < -0.39 is 21.9 Å². The van der Waals surface area contributed by atoms with E-state index in [1.165, 1.54) is 10.4 Å². The number of morpholine rings is 1. The predicted molar refractivity (Wildman–Crippen MR) is 95.8 cm³/mol. The van der Waals surface area contributed by atoms with Gasteiger partial charge in [0.2, 0.25) is 10.0 Å². The molecule has 1 fully saturated rings. The molecule has 1 saturated heterocycles. The number of sulfonamides is 1. The Morgan fingerprint density at radius 3 is 2.32 bits per heavy atom. The molecule has 1 aromatic heterocycles. The summed E-state index contributed by atoms with van der Waals surface area (Å²) >= 11 is 0. The van der Waals surface area contributed by atoms with E-state index in [0.717, 1.165) is 6.07 Å². The zero-order valence-corrected chi connectivity index (χ0v) is 15.6. The Morgan fingerprint density at radius 2 is 1.71 bits per heavy atom. The number of nitrogens with one attached hydrogen (secondary N) is 1. The Morgan fingerprint density at radius 1 is 1.04 bits per heavy atom. The smallest absolute Gasteiger partial charge is 0.379 e. The van der Waals surface area contributed by atoms with Crippen LogP contribution in [-0.4, -0.2) is 49.2 Å². The van der Waals surface area contributed by atoms with Crippen LogP contribution in [0.2, 0.25) is 0 Å². The molecule has 0 saturated carbocycles. The average molecular weight is 416 g/mol. The Hall–Kier alpha value is -2.24. The second kappa shape index (κ2) is 8.41. The highest BCUT2D eigenvalue weighted by atomic mass is 32.2. The molecule has 0 aliphatic carbocycles. The summed E-state index contributed by atoms with van der Waals surface area (Å²) in [6.45, 7) is 1.59. The third kappa shape index (κ3) is 5.18. The average Bonchev–Trinajstić information content (AvgIpc) is 2.67. The van der Waals surface area contributed by atoms with Crippen molar-refractivity contribution >= 4 is 15.8 Å². The van der Waals surface area contributed by atoms with Gasteiger partial charge in [-0.2, -0.15) is 17.5 Å². The summed E-state index contributed by atoms with van der Waals surface area (Å²) < 4.78 is 69.5. The van der Waals surface area contributed by atoms with Crippen LogP contribution < -0.4 is 5.32 Å². The second-order valence-electron chi connectivity index (χ2n) is 6.19. The Balaban J connectivity index is 1.68. The largest absolute Gasteiger partial charge is 0.435 e. The highest BCUT2D eigenvalue weighted by molar-refractivity contribution is 7.88. The topological polar surface area (TPSA) is 84.4 Å². The summed E-state index contributed by atoms with van der Waals surface area (Å²) in [7, 11) is -3.49. The fraction of sp³-hybridized carbons (Fsp3) is 0.412. The van der Waals surface area contributed by atoms with Gasteiger partial charge in [-0.1, -0.05) is 24.3 Å². The van der Waals surface area contributed by atoms with Gasteiger partial charge < -0.3 is 10.1 Å². The van der Waals surface area contributed by atoms with Crippen LogP contribution in [0.3, 0.4) is 0 Å². The molecule has 1 aliphatic heterocycles. The van der Waals surface area contributed by atoms with Crippen molar-refractivity contribution in [1.82, 2.24) is 14.5 Å². The standard InChI is InChI=1S/C17H19F3N4O3S/c18-17(19,20)15-5-6-16(23-22-15)21-11-13-3-1-2-4-14(13)12-28(25,26)24-7-9-27-10-8-24/h1-6H,7-12H2,(H,21,23). The monoisotopic (exact) mass is 416 g/mol. The molecule has 2 aromatic rings. The molecule has 7 nitrogen and oxygen atoms in total. The van der Waals surface area contributed by atoms with Gasteiger partial charge >= 0.3 is 6.18 Å². The first-order chi connectivity index (χ1) is 13.3. The highest BCUT2D eigenvalue weighted by Crippen LogP contribution is 2.27. The lowest BCUT2D eigenvalue weighted by Gasteiger charge is -2.26. The van der Waals surface area contributed by atoms with Crippen LogP contribution in [0.4, 0.5) is 19.0 Å². The number of aromatic nitrogens is 2. The number of ether oxygens (including phenoxy) is 1. The van der Waals surface area contributed by atoms with Gasteiger partial charge in [-0.3, -0.25) is 0 Å². The maximum absolute atomic E-state index is 12.6. The number of benzene rings is 1. The van der Waals surface area contributed by atoms with Gasteiger partial charge in [0, 0.05) is 19.6 Å². The number of alkyl halides is 3. The molecule has 0 atom stereocenters. The van der Waals surface area contributed by atoms with E-state index in [2.05, 4.69) is 15.5 Å². The summed E-state index contributed by atoms with van der Waals surface area (Å²) in [6, 6.07) is 9.00. The van der Waals surface area contributed by atoms with E-state index in [-0.39, 0.29) is 18.1 Å². The zero-order chi connectivity index (χ0) is 20.2. The summed E-state index contributed by atoms with van der Waals surface area (Å²) in [5.74, 6) is 0.00244. The molecule has 0 radical (unpaired) electrons. The van der Waals surface area contributed by atoms with E-state index in [4.69, 9.17) is 4.74 Å². The van der Waals surface area contributed by atoms with E-state index in [1.807, 2.05) is 0 Å². The van der Waals surface area contributed by atoms with Crippen LogP contribution in [0, 0.1) is 0 Å². The highest BCUT2D eigenvalue weighted by Gasteiger charge is 2.32. The maximum atomic E-state index is 12.6. The fourth-order valence-corrected chi connectivity index (χ4v) is 4.31. The second-order valence-corrected chi connectivity index (χ2v) is 8.16. The van der Waals surface area contributed by atoms with Crippen LogP contribution in [0.1, 0.15) is 16.8 Å². The van der Waals surface area contributed by atoms with Crippen molar-refractivity contribution in [2.75, 3.05) is 31.6 Å². The number of anilines is 1. The van der Waals surface area contributed by atoms with Crippen molar-refractivity contribution in [2.45, 2.75) is 18.5 Å². The van der Waals surface area contributed by atoms with Gasteiger partial charge in [0.25, 0.3) is 0 Å². The van der Waals surface area contributed by atoms with Gasteiger partial charge in [-0.15, -0.1) is 10.2 Å². The number of rotatable bonds is 6. The van der Waals surface area contributed by atoms with Crippen LogP contribution in [0.5, 0.6) is 0 Å². The number of hydrogen-bond donors (Lipinski definition) is 1.